The van der Waals surface area contributed by atoms with Crippen molar-refractivity contribution in [2.45, 2.75) is 26.4 Å². The van der Waals surface area contributed by atoms with Crippen LogP contribution in [-0.4, -0.2) is 104 Å². The average molecular weight is 398 g/mol. The van der Waals surface area contributed by atoms with Crippen LogP contribution in [0.15, 0.2) is 0 Å². The Labute approximate surface area is 169 Å². The first-order valence-electron chi connectivity index (χ1n) is 6.43. The van der Waals surface area contributed by atoms with Crippen molar-refractivity contribution in [1.29, 1.82) is 0 Å². The zero-order chi connectivity index (χ0) is 17.4. The molecule has 0 bridgehead atoms. The second-order valence-electron chi connectivity index (χ2n) is 5.17. The van der Waals surface area contributed by atoms with Crippen molar-refractivity contribution >= 4 is 69.5 Å². The van der Waals surface area contributed by atoms with E-state index < -0.39 is 32.5 Å². The minimum atomic E-state index is -4.37. The number of rotatable bonds is 10. The molecule has 0 aromatic rings. The molecule has 0 unspecified atom stereocenters. The molecule has 12 heteroatoms. The third kappa shape index (κ3) is 12.4. The Balaban J connectivity index is 0. The molecule has 9 nitrogen and oxygen atoms in total. The van der Waals surface area contributed by atoms with Gasteiger partial charge in [0.25, 0.3) is 0 Å². The van der Waals surface area contributed by atoms with Gasteiger partial charge in [-0.15, -0.1) is 0 Å². The molecule has 0 saturated heterocycles. The first-order chi connectivity index (χ1) is 9.99. The fraction of sp³-hybridized carbons (Fsp3) is 0.818. The number of aliphatic hydroxyl groups is 2. The summed E-state index contributed by atoms with van der Waals surface area (Å²) in [5, 5.41) is 23.5. The maximum atomic E-state index is 11.6. The predicted molar refractivity (Wildman–Crippen MR) is 85.4 cm³/mol. The zero-order valence-electron chi connectivity index (χ0n) is 13.1. The molecule has 23 heavy (non-hydrogen) atoms. The van der Waals surface area contributed by atoms with Gasteiger partial charge in [-0.1, -0.05) is 13.8 Å². The van der Waals surface area contributed by atoms with Crippen molar-refractivity contribution in [2.24, 2.45) is 5.41 Å². The second-order valence-corrected chi connectivity index (χ2v) is 8.56. The molecule has 2 radical (unpaired) electrons. The van der Waals surface area contributed by atoms with E-state index >= 15 is 0 Å². The van der Waals surface area contributed by atoms with Crippen LogP contribution in [0.5, 0.6) is 0 Å². The Bertz CT molecular complexity index is 485. The maximum absolute atomic E-state index is 11.6. The number of amides is 2. The minimum Gasteiger partial charge on any atom is -0.739 e. The molecule has 0 fully saturated rings. The van der Waals surface area contributed by atoms with Crippen LogP contribution >= 0.6 is 10.8 Å². The fourth-order valence-electron chi connectivity index (χ4n) is 1.26. The van der Waals surface area contributed by atoms with E-state index in [1.807, 2.05) is 0 Å². The van der Waals surface area contributed by atoms with E-state index in [0.29, 0.717) is 0 Å². The van der Waals surface area contributed by atoms with Gasteiger partial charge in [0.15, 0.2) is 0 Å². The van der Waals surface area contributed by atoms with Gasteiger partial charge < -0.3 is 25.4 Å². The van der Waals surface area contributed by atoms with E-state index in [9.17, 15) is 27.7 Å². The van der Waals surface area contributed by atoms with E-state index in [1.54, 1.807) is 0 Å². The van der Waals surface area contributed by atoms with Gasteiger partial charge in [0.2, 0.25) is 11.8 Å². The molecule has 0 aromatic carbocycles. The number of carbonyl (C=O) groups excluding carboxylic acids is 2. The van der Waals surface area contributed by atoms with Crippen LogP contribution in [0.2, 0.25) is 0 Å². The van der Waals surface area contributed by atoms with Gasteiger partial charge in [-0.05, 0) is 10.8 Å². The van der Waals surface area contributed by atoms with Gasteiger partial charge in [-0.25, -0.2) is 8.42 Å². The monoisotopic (exact) mass is 397 g/mol. The fourth-order valence-corrected chi connectivity index (χ4v) is 2.51. The summed E-state index contributed by atoms with van der Waals surface area (Å²) in [6.07, 6.45) is -1.47. The molecule has 132 valence electrons. The van der Waals surface area contributed by atoms with Crippen molar-refractivity contribution in [3.8, 4) is 0 Å². The number of aliphatic hydroxyl groups excluding tert-OH is 2. The van der Waals surface area contributed by atoms with E-state index in [0.717, 1.165) is 0 Å². The quantitative estimate of drug-likeness (QED) is 0.140. The average Bonchev–Trinajstić information content (AvgIpc) is 2.41. The Morgan fingerprint density at radius 1 is 1.26 bits per heavy atom. The molecule has 1 atom stereocenters. The summed E-state index contributed by atoms with van der Waals surface area (Å²) in [6.45, 7) is 2.66. The Morgan fingerprint density at radius 2 is 1.83 bits per heavy atom. The van der Waals surface area contributed by atoms with Crippen molar-refractivity contribution < 1.29 is 32.8 Å². The third-order valence-electron chi connectivity index (χ3n) is 2.70. The van der Waals surface area contributed by atoms with Gasteiger partial charge in [-0.2, -0.15) is 0 Å². The Morgan fingerprint density at radius 3 is 2.30 bits per heavy atom. The summed E-state index contributed by atoms with van der Waals surface area (Å²) in [5.41, 5.74) is -0.993. The molecule has 4 N–H and O–H groups in total. The summed E-state index contributed by atoms with van der Waals surface area (Å²) in [5.74, 6) is -1.19. The van der Waals surface area contributed by atoms with Gasteiger partial charge >= 0.3 is 0 Å². The van der Waals surface area contributed by atoms with Gasteiger partial charge in [0.05, 0.1) is 6.61 Å². The molecule has 0 rings (SSSR count). The van der Waals surface area contributed by atoms with Crippen LogP contribution in [0, 0.1) is 5.41 Å². The number of carbonyl (C=O) groups is 2. The number of hydrogen-bond acceptors (Lipinski definition) is 8. The molecule has 0 heterocycles. The maximum Gasteiger partial charge on any atom is 0.249 e. The molecule has 0 aliphatic heterocycles. The third-order valence-corrected chi connectivity index (χ3v) is 4.72. The Hall–Kier alpha value is 0.380. The molecule has 2 amide bonds. The molecule has 0 aliphatic rings. The summed E-state index contributed by atoms with van der Waals surface area (Å²) < 4.78 is 30.9. The number of hydrogen-bond donors (Lipinski definition) is 4. The van der Waals surface area contributed by atoms with Crippen molar-refractivity contribution in [2.75, 3.05) is 25.4 Å². The minimum absolute atomic E-state index is 0. The van der Waals surface area contributed by atoms with Crippen LogP contribution < -0.4 is 10.6 Å². The second kappa shape index (κ2) is 11.9. The largest absolute Gasteiger partial charge is 0.739 e. The smallest absolute Gasteiger partial charge is 0.249 e. The van der Waals surface area contributed by atoms with E-state index in [-0.39, 0.29) is 80.4 Å². The molecule has 0 aliphatic carbocycles. The summed E-state index contributed by atoms with van der Waals surface area (Å²) in [6, 6.07) is 0. The van der Waals surface area contributed by atoms with Crippen LogP contribution in [-0.2, 0) is 18.7 Å². The normalized spacial score (nSPS) is 12.9. The van der Waals surface area contributed by atoms with Crippen molar-refractivity contribution in [1.82, 2.24) is 10.6 Å². The topological polar surface area (TPSA) is 156 Å². The van der Waals surface area contributed by atoms with Gasteiger partial charge in [0, 0.05) is 68.4 Å². The van der Waals surface area contributed by atoms with Crippen LogP contribution in [0.4, 0.5) is 0 Å². The predicted octanol–water partition coefficient (Wildman–Crippen LogP) is -2.20. The molecular weight excluding hydrogens is 376 g/mol. The number of nitrogens with one attached hydrogen (secondary N) is 2. The van der Waals surface area contributed by atoms with Crippen molar-refractivity contribution in [3.05, 3.63) is 0 Å². The van der Waals surface area contributed by atoms with E-state index in [1.165, 1.54) is 13.8 Å². The van der Waals surface area contributed by atoms with Gasteiger partial charge in [0.1, 0.15) is 15.3 Å². The molecule has 0 saturated carbocycles. The van der Waals surface area contributed by atoms with Crippen LogP contribution in [0.1, 0.15) is 20.3 Å². The van der Waals surface area contributed by atoms with Crippen LogP contribution in [0.3, 0.4) is 0 Å². The summed E-state index contributed by atoms with van der Waals surface area (Å²) in [4.78, 5) is 23.0. The van der Waals surface area contributed by atoms with Gasteiger partial charge in [-0.3, -0.25) is 9.59 Å². The van der Waals surface area contributed by atoms with Crippen LogP contribution in [0.25, 0.3) is 0 Å². The van der Waals surface area contributed by atoms with Crippen molar-refractivity contribution in [3.63, 3.8) is 0 Å². The zero-order valence-corrected chi connectivity index (χ0v) is 16.9. The Kier molecular flexibility index (Phi) is 13.2. The van der Waals surface area contributed by atoms with E-state index in [2.05, 4.69) is 10.6 Å². The first kappa shape index (κ1) is 25.6. The summed E-state index contributed by atoms with van der Waals surface area (Å²) in [7, 11) is -4.18. The van der Waals surface area contributed by atoms with E-state index in [4.69, 9.17) is 5.11 Å². The summed E-state index contributed by atoms with van der Waals surface area (Å²) >= 11 is 0. The molecule has 0 spiro atoms. The SMILES string of the molecule is CC(C)(CO)[C@@H](O)C(=O)NCCC(=O)NCCSS(=O)(=O)[O-].[Ca]. The first-order valence-corrected chi connectivity index (χ1v) is 9.34. The molecule has 0 aromatic heterocycles. The molecular formula is C11H21CaN2O7S2-. The standard InChI is InChI=1S/C11H22N2O7S2.Ca/c1-11(2,7-14)9(16)10(17)13-4-3-8(15)12-5-6-21-22(18,19)20;/h9,14,16H,3-7H2,1-2H3,(H,12,15)(H,13,17)(H,18,19,20);/p-1/t9-;/m0./s1.